The van der Waals surface area contributed by atoms with Crippen molar-refractivity contribution in [1.29, 1.82) is 5.26 Å². The average molecular weight is 315 g/mol. The van der Waals surface area contributed by atoms with Gasteiger partial charge in [0.1, 0.15) is 0 Å². The zero-order chi connectivity index (χ0) is 17.0. The summed E-state index contributed by atoms with van der Waals surface area (Å²) in [5.41, 5.74) is 1.17. The lowest BCUT2D eigenvalue weighted by molar-refractivity contribution is -0.00193. The monoisotopic (exact) mass is 315 g/mol. The fourth-order valence-corrected chi connectivity index (χ4v) is 2.81. The second kappa shape index (κ2) is 7.58. The number of benzene rings is 1. The van der Waals surface area contributed by atoms with E-state index in [0.29, 0.717) is 17.0 Å². The molecule has 0 saturated carbocycles. The number of likely N-dealkylation sites (tertiary alicyclic amines) is 1. The number of carbonyl (C=O) groups is 1. The molecule has 5 heteroatoms. The van der Waals surface area contributed by atoms with E-state index >= 15 is 0 Å². The van der Waals surface area contributed by atoms with E-state index in [-0.39, 0.29) is 18.1 Å². The molecule has 1 N–H and O–H groups in total. The summed E-state index contributed by atoms with van der Waals surface area (Å²) in [7, 11) is 1.83. The van der Waals surface area contributed by atoms with Crippen LogP contribution in [0.15, 0.2) is 24.3 Å². The van der Waals surface area contributed by atoms with Crippen molar-refractivity contribution in [3.8, 4) is 6.07 Å². The lowest BCUT2D eigenvalue weighted by atomic mass is 9.96. The van der Waals surface area contributed by atoms with Gasteiger partial charge in [0.15, 0.2) is 0 Å². The number of nitrogens with zero attached hydrogens (tertiary/aromatic N) is 3. The van der Waals surface area contributed by atoms with Crippen LogP contribution in [0.4, 0.5) is 0 Å². The minimum atomic E-state index is -0.164. The highest BCUT2D eigenvalue weighted by Crippen LogP contribution is 2.18. The van der Waals surface area contributed by atoms with Gasteiger partial charge in [0.25, 0.3) is 5.91 Å². The third-order valence-electron chi connectivity index (χ3n) is 4.85. The summed E-state index contributed by atoms with van der Waals surface area (Å²) >= 11 is 0. The number of hydrogen-bond acceptors (Lipinski definition) is 4. The molecule has 0 aliphatic carbocycles. The number of amides is 1. The third-order valence-corrected chi connectivity index (χ3v) is 4.85. The Labute approximate surface area is 138 Å². The van der Waals surface area contributed by atoms with E-state index in [2.05, 4.69) is 24.8 Å². The molecule has 0 bridgehead atoms. The Balaban J connectivity index is 1.87. The van der Waals surface area contributed by atoms with Crippen LogP contribution in [-0.4, -0.2) is 59.6 Å². The Morgan fingerprint density at radius 1 is 1.39 bits per heavy atom. The standard InChI is InChI=1S/C18H25N3O2/c1-13(8-9-21-11-17(22)12-21)14(2)20(3)18(23)16-6-4-15(10-19)5-7-16/h4-7,13-14,17,22H,8-9,11-12H2,1-3H3. The largest absolute Gasteiger partial charge is 0.390 e. The van der Waals surface area contributed by atoms with Crippen molar-refractivity contribution in [1.82, 2.24) is 9.80 Å². The van der Waals surface area contributed by atoms with Crippen LogP contribution in [-0.2, 0) is 0 Å². The van der Waals surface area contributed by atoms with Crippen LogP contribution in [0.25, 0.3) is 0 Å². The predicted octanol–water partition coefficient (Wildman–Crippen LogP) is 1.72. The molecule has 1 saturated heterocycles. The van der Waals surface area contributed by atoms with Crippen LogP contribution in [0.2, 0.25) is 0 Å². The molecule has 1 amide bonds. The molecule has 1 fully saturated rings. The topological polar surface area (TPSA) is 67.6 Å². The number of hydrogen-bond donors (Lipinski definition) is 1. The van der Waals surface area contributed by atoms with Crippen LogP contribution in [0.1, 0.15) is 36.2 Å². The molecule has 124 valence electrons. The van der Waals surface area contributed by atoms with Gasteiger partial charge in [0.2, 0.25) is 0 Å². The van der Waals surface area contributed by atoms with Crippen molar-refractivity contribution < 1.29 is 9.90 Å². The highest BCUT2D eigenvalue weighted by molar-refractivity contribution is 5.94. The molecular weight excluding hydrogens is 290 g/mol. The number of nitriles is 1. The Hall–Kier alpha value is -1.90. The van der Waals surface area contributed by atoms with Gasteiger partial charge in [-0.25, -0.2) is 0 Å². The molecule has 2 atom stereocenters. The molecule has 23 heavy (non-hydrogen) atoms. The Kier molecular flexibility index (Phi) is 5.75. The van der Waals surface area contributed by atoms with E-state index in [4.69, 9.17) is 5.26 Å². The first kappa shape index (κ1) is 17.5. The van der Waals surface area contributed by atoms with Gasteiger partial charge in [0.05, 0.1) is 17.7 Å². The van der Waals surface area contributed by atoms with Crippen molar-refractivity contribution in [2.45, 2.75) is 32.4 Å². The number of rotatable bonds is 6. The van der Waals surface area contributed by atoms with Crippen molar-refractivity contribution in [2.75, 3.05) is 26.7 Å². The van der Waals surface area contributed by atoms with Crippen LogP contribution in [0, 0.1) is 17.2 Å². The Morgan fingerprint density at radius 2 is 2.00 bits per heavy atom. The molecular formula is C18H25N3O2. The van der Waals surface area contributed by atoms with Crippen molar-refractivity contribution in [2.24, 2.45) is 5.92 Å². The van der Waals surface area contributed by atoms with Gasteiger partial charge in [-0.2, -0.15) is 5.26 Å². The second-order valence-electron chi connectivity index (χ2n) is 6.53. The molecule has 0 spiro atoms. The summed E-state index contributed by atoms with van der Waals surface area (Å²) in [6, 6.07) is 8.94. The fraction of sp³-hybridized carbons (Fsp3) is 0.556. The first-order valence-corrected chi connectivity index (χ1v) is 8.10. The summed E-state index contributed by atoms with van der Waals surface area (Å²) in [5, 5.41) is 18.1. The Bertz CT molecular complexity index is 573. The molecule has 1 aromatic carbocycles. The van der Waals surface area contributed by atoms with Gasteiger partial charge in [-0.05, 0) is 50.1 Å². The van der Waals surface area contributed by atoms with Crippen LogP contribution < -0.4 is 0 Å². The maximum Gasteiger partial charge on any atom is 0.253 e. The average Bonchev–Trinajstić information content (AvgIpc) is 2.55. The molecule has 1 aliphatic heterocycles. The predicted molar refractivity (Wildman–Crippen MR) is 88.9 cm³/mol. The maximum atomic E-state index is 12.5. The number of carbonyl (C=O) groups excluding carboxylic acids is 1. The normalized spacial score (nSPS) is 17.9. The maximum absolute atomic E-state index is 12.5. The lowest BCUT2D eigenvalue weighted by Crippen LogP contribution is -2.51. The van der Waals surface area contributed by atoms with Crippen LogP contribution >= 0.6 is 0 Å². The fourth-order valence-electron chi connectivity index (χ4n) is 2.81. The number of aliphatic hydroxyl groups is 1. The number of β-amino-alcohol motifs (C(OH)–C–C–N with tert-alkyl or cyclic N) is 1. The van der Waals surface area contributed by atoms with E-state index < -0.39 is 0 Å². The molecule has 1 aromatic rings. The molecule has 5 nitrogen and oxygen atoms in total. The first-order valence-electron chi connectivity index (χ1n) is 8.10. The van der Waals surface area contributed by atoms with Gasteiger partial charge >= 0.3 is 0 Å². The lowest BCUT2D eigenvalue weighted by Gasteiger charge is -2.37. The van der Waals surface area contributed by atoms with Crippen molar-refractivity contribution >= 4 is 5.91 Å². The molecule has 0 radical (unpaired) electrons. The molecule has 0 aromatic heterocycles. The molecule has 1 heterocycles. The zero-order valence-corrected chi connectivity index (χ0v) is 14.1. The van der Waals surface area contributed by atoms with Gasteiger partial charge in [-0.3, -0.25) is 9.69 Å². The van der Waals surface area contributed by atoms with E-state index in [1.165, 1.54) is 0 Å². The van der Waals surface area contributed by atoms with Gasteiger partial charge in [0, 0.05) is 31.7 Å². The molecule has 2 unspecified atom stereocenters. The van der Waals surface area contributed by atoms with Crippen LogP contribution in [0.5, 0.6) is 0 Å². The SMILES string of the molecule is CC(CCN1CC(O)C1)C(C)N(C)C(=O)c1ccc(C#N)cc1. The highest BCUT2D eigenvalue weighted by Gasteiger charge is 2.26. The Morgan fingerprint density at radius 3 is 2.52 bits per heavy atom. The van der Waals surface area contributed by atoms with Crippen molar-refractivity contribution in [3.05, 3.63) is 35.4 Å². The van der Waals surface area contributed by atoms with Crippen molar-refractivity contribution in [3.63, 3.8) is 0 Å². The summed E-state index contributed by atoms with van der Waals surface area (Å²) < 4.78 is 0. The van der Waals surface area contributed by atoms with Crippen LogP contribution in [0.3, 0.4) is 0 Å². The second-order valence-corrected chi connectivity index (χ2v) is 6.53. The summed E-state index contributed by atoms with van der Waals surface area (Å²) in [6.45, 7) is 6.71. The highest BCUT2D eigenvalue weighted by atomic mass is 16.3. The summed E-state index contributed by atoms with van der Waals surface area (Å²) in [6.07, 6.45) is 0.835. The molecule has 2 rings (SSSR count). The molecule has 1 aliphatic rings. The van der Waals surface area contributed by atoms with E-state index in [0.717, 1.165) is 26.1 Å². The van der Waals surface area contributed by atoms with Gasteiger partial charge in [-0.15, -0.1) is 0 Å². The quantitative estimate of drug-likeness (QED) is 0.868. The van der Waals surface area contributed by atoms with E-state index in [9.17, 15) is 9.90 Å². The smallest absolute Gasteiger partial charge is 0.253 e. The van der Waals surface area contributed by atoms with Gasteiger partial charge in [-0.1, -0.05) is 6.92 Å². The minimum absolute atomic E-state index is 0.0202. The first-order chi connectivity index (χ1) is 10.9. The van der Waals surface area contributed by atoms with E-state index in [1.54, 1.807) is 29.2 Å². The minimum Gasteiger partial charge on any atom is -0.390 e. The van der Waals surface area contributed by atoms with Gasteiger partial charge < -0.3 is 10.0 Å². The summed E-state index contributed by atoms with van der Waals surface area (Å²) in [5.74, 6) is 0.355. The zero-order valence-electron chi connectivity index (χ0n) is 14.1. The summed E-state index contributed by atoms with van der Waals surface area (Å²) in [4.78, 5) is 16.5. The third kappa shape index (κ3) is 4.31. The number of aliphatic hydroxyl groups excluding tert-OH is 1. The van der Waals surface area contributed by atoms with E-state index in [1.807, 2.05) is 7.05 Å².